The summed E-state index contributed by atoms with van der Waals surface area (Å²) < 4.78 is 0. The van der Waals surface area contributed by atoms with Crippen molar-refractivity contribution in [2.75, 3.05) is 0 Å². The Balaban J connectivity index is 2.48. The summed E-state index contributed by atoms with van der Waals surface area (Å²) in [5.74, 6) is 0. The molecule has 0 aromatic rings. The SMILES string of the molecule is [Li][CH2]CC#N. The van der Waals surface area contributed by atoms with Crippen LogP contribution >= 0.6 is 0 Å². The van der Waals surface area contributed by atoms with Crippen LogP contribution in [-0.4, -0.2) is 17.7 Å². The number of nitriles is 1. The first-order valence-corrected chi connectivity index (χ1v) is 1.78. The molecule has 0 radical (unpaired) electrons. The molecule has 0 unspecified atom stereocenters. The Morgan fingerprint density at radius 1 is 1.80 bits per heavy atom. The van der Waals surface area contributed by atoms with Crippen molar-refractivity contribution in [3.05, 3.63) is 0 Å². The molecule has 1 nitrogen and oxygen atoms in total. The van der Waals surface area contributed by atoms with E-state index in [9.17, 15) is 0 Å². The monoisotopic (exact) mass is 61.1 g/mol. The van der Waals surface area contributed by atoms with Gasteiger partial charge in [-0.2, -0.15) is 0 Å². The van der Waals surface area contributed by atoms with Gasteiger partial charge >= 0.3 is 40.6 Å². The fourth-order valence-corrected chi connectivity index (χ4v) is 0.112. The zero-order valence-electron chi connectivity index (χ0n) is 3.36. The van der Waals surface area contributed by atoms with Crippen LogP contribution in [0.15, 0.2) is 0 Å². The van der Waals surface area contributed by atoms with Crippen LogP contribution < -0.4 is 0 Å². The molecule has 0 bridgehead atoms. The molecule has 2 heteroatoms. The van der Waals surface area contributed by atoms with Crippen LogP contribution in [0.3, 0.4) is 0 Å². The fourth-order valence-electron chi connectivity index (χ4n) is 0.112. The zero-order valence-corrected chi connectivity index (χ0v) is 3.36. The molecule has 0 saturated heterocycles. The van der Waals surface area contributed by atoms with Gasteiger partial charge in [0, 0.05) is 0 Å². The molecule has 0 N–H and O–H groups in total. The van der Waals surface area contributed by atoms with Gasteiger partial charge < -0.3 is 0 Å². The van der Waals surface area contributed by atoms with E-state index in [4.69, 9.17) is 5.26 Å². The molecule has 0 atom stereocenters. The summed E-state index contributed by atoms with van der Waals surface area (Å²) in [6.45, 7) is 0. The van der Waals surface area contributed by atoms with Gasteiger partial charge in [0.05, 0.1) is 0 Å². The maximum absolute atomic E-state index is 7.82. The standard InChI is InChI=1S/C3H4N.Li/c1-2-3-4;/h1-2H2;. The molecule has 0 heterocycles. The van der Waals surface area contributed by atoms with Crippen LogP contribution in [0.25, 0.3) is 0 Å². The summed E-state index contributed by atoms with van der Waals surface area (Å²) in [4.78, 5) is 0. The number of hydrogen-bond donors (Lipinski definition) is 0. The first-order valence-electron chi connectivity index (χ1n) is 1.78. The van der Waals surface area contributed by atoms with Crippen molar-refractivity contribution >= 4 is 17.7 Å². The topological polar surface area (TPSA) is 23.8 Å². The Hall–Kier alpha value is 0.0874. The van der Waals surface area contributed by atoms with E-state index in [0.717, 1.165) is 5.09 Å². The van der Waals surface area contributed by atoms with Gasteiger partial charge in [0.15, 0.2) is 0 Å². The summed E-state index contributed by atoms with van der Waals surface area (Å²) in [7, 11) is 0. The second-order valence-electron chi connectivity index (χ2n) is 0.908. The third kappa shape index (κ3) is 4.09. The van der Waals surface area contributed by atoms with Crippen molar-refractivity contribution < 1.29 is 0 Å². The molecule has 0 amide bonds. The van der Waals surface area contributed by atoms with Crippen molar-refractivity contribution in [2.45, 2.75) is 11.5 Å². The van der Waals surface area contributed by atoms with Gasteiger partial charge in [0.25, 0.3) is 0 Å². The molecule has 0 aromatic heterocycles. The van der Waals surface area contributed by atoms with Crippen LogP contribution in [0.1, 0.15) is 6.42 Å². The fraction of sp³-hybridized carbons (Fsp3) is 0.667. The first kappa shape index (κ1) is 5.09. The van der Waals surface area contributed by atoms with E-state index in [0.29, 0.717) is 6.42 Å². The van der Waals surface area contributed by atoms with Gasteiger partial charge in [-0.3, -0.25) is 0 Å². The minimum atomic E-state index is 0.694. The Morgan fingerprint density at radius 2 is 2.40 bits per heavy atom. The summed E-state index contributed by atoms with van der Waals surface area (Å²) in [6.07, 6.45) is 0.694. The second-order valence-corrected chi connectivity index (χ2v) is 0.908. The Morgan fingerprint density at radius 3 is 2.40 bits per heavy atom. The van der Waals surface area contributed by atoms with Crippen LogP contribution in [-0.2, 0) is 0 Å². The van der Waals surface area contributed by atoms with Crippen molar-refractivity contribution in [1.82, 2.24) is 0 Å². The molecule has 0 aromatic carbocycles. The first-order chi connectivity index (χ1) is 2.41. The zero-order chi connectivity index (χ0) is 4.12. The molecule has 0 saturated carbocycles. The van der Waals surface area contributed by atoms with E-state index in [1.807, 2.05) is 23.8 Å². The predicted molar refractivity (Wildman–Crippen MR) is 20.8 cm³/mol. The Kier molecular flexibility index (Phi) is 4.16. The van der Waals surface area contributed by atoms with Gasteiger partial charge in [0.2, 0.25) is 0 Å². The van der Waals surface area contributed by atoms with Crippen molar-refractivity contribution in [2.24, 2.45) is 0 Å². The molecule has 5 heavy (non-hydrogen) atoms. The van der Waals surface area contributed by atoms with E-state index in [2.05, 4.69) is 0 Å². The molecule has 0 spiro atoms. The summed E-state index contributed by atoms with van der Waals surface area (Å²) in [5.41, 5.74) is 0. The van der Waals surface area contributed by atoms with Crippen molar-refractivity contribution in [3.63, 3.8) is 0 Å². The van der Waals surface area contributed by atoms with Gasteiger partial charge in [-0.15, -0.1) is 0 Å². The van der Waals surface area contributed by atoms with Crippen LogP contribution in [0.2, 0.25) is 5.09 Å². The normalized spacial score (nSPS) is 6.60. The summed E-state index contributed by atoms with van der Waals surface area (Å²) in [5, 5.41) is 8.80. The molecule has 22 valence electrons. The minimum absolute atomic E-state index is 0.694. The van der Waals surface area contributed by atoms with Gasteiger partial charge in [0.1, 0.15) is 0 Å². The van der Waals surface area contributed by atoms with E-state index >= 15 is 0 Å². The Bertz CT molecular complexity index is 45.3. The van der Waals surface area contributed by atoms with E-state index in [-0.39, 0.29) is 0 Å². The molecule has 0 aliphatic rings. The van der Waals surface area contributed by atoms with Crippen LogP contribution in [0.5, 0.6) is 0 Å². The summed E-state index contributed by atoms with van der Waals surface area (Å²) in [6, 6.07) is 2.02. The van der Waals surface area contributed by atoms with E-state index in [1.54, 1.807) is 0 Å². The Labute approximate surface area is 41.2 Å². The maximum atomic E-state index is 7.82. The molecule has 0 aliphatic heterocycles. The number of rotatable bonds is 1. The molecule has 0 aliphatic carbocycles. The van der Waals surface area contributed by atoms with Gasteiger partial charge in [-0.05, 0) is 0 Å². The third-order valence-corrected chi connectivity index (χ3v) is 0.362. The average Bonchev–Trinajstić information content (AvgIpc) is 1.41. The van der Waals surface area contributed by atoms with E-state index < -0.39 is 0 Å². The summed E-state index contributed by atoms with van der Waals surface area (Å²) >= 11 is 1.99. The molecular weight excluding hydrogens is 57.0 g/mol. The van der Waals surface area contributed by atoms with Gasteiger partial charge in [-0.1, -0.05) is 0 Å². The quantitative estimate of drug-likeness (QED) is 0.404. The molecular formula is C3H4LiN. The van der Waals surface area contributed by atoms with E-state index in [1.165, 1.54) is 0 Å². The number of nitrogens with zero attached hydrogens (tertiary/aromatic N) is 1. The third-order valence-electron chi connectivity index (χ3n) is 0.362. The van der Waals surface area contributed by atoms with Crippen molar-refractivity contribution in [1.29, 1.82) is 5.26 Å². The van der Waals surface area contributed by atoms with Crippen LogP contribution in [0, 0.1) is 11.3 Å². The van der Waals surface area contributed by atoms with Crippen molar-refractivity contribution in [3.8, 4) is 6.07 Å². The average molecular weight is 61.0 g/mol. The van der Waals surface area contributed by atoms with Crippen LogP contribution in [0.4, 0.5) is 0 Å². The molecule has 0 rings (SSSR count). The van der Waals surface area contributed by atoms with Gasteiger partial charge in [-0.25, -0.2) is 0 Å². The molecule has 0 fully saturated rings. The number of hydrogen-bond acceptors (Lipinski definition) is 1. The predicted octanol–water partition coefficient (Wildman–Crippen LogP) is 0.487. The second kappa shape index (κ2) is 4.09.